The molecule has 1 heterocycles. The Kier molecular flexibility index (Phi) is 9.86. The number of benzene rings is 3. The highest BCUT2D eigenvalue weighted by atomic mass is 35.5. The van der Waals surface area contributed by atoms with E-state index in [2.05, 4.69) is 15.0 Å². The van der Waals surface area contributed by atoms with Crippen LogP contribution in [-0.2, 0) is 39.1 Å². The highest BCUT2D eigenvalue weighted by molar-refractivity contribution is 7.89. The van der Waals surface area contributed by atoms with Gasteiger partial charge in [-0.3, -0.25) is 14.6 Å². The van der Waals surface area contributed by atoms with Gasteiger partial charge in [0.1, 0.15) is 6.04 Å². The predicted octanol–water partition coefficient (Wildman–Crippen LogP) is 5.19. The summed E-state index contributed by atoms with van der Waals surface area (Å²) in [6.45, 7) is 0.410. The number of aromatic nitrogens is 1. The van der Waals surface area contributed by atoms with Crippen LogP contribution in [0, 0.1) is 0 Å². The Labute approximate surface area is 257 Å². The highest BCUT2D eigenvalue weighted by Gasteiger charge is 2.32. The number of pyridine rings is 1. The summed E-state index contributed by atoms with van der Waals surface area (Å²) in [7, 11) is -3.56. The number of nitrogens with one attached hydrogen (secondary N) is 2. The fourth-order valence-electron chi connectivity index (χ4n) is 4.71. The van der Waals surface area contributed by atoms with E-state index in [9.17, 15) is 18.0 Å². The Morgan fingerprint density at radius 2 is 1.56 bits per heavy atom. The second-order valence-electron chi connectivity index (χ2n) is 10.5. The molecule has 43 heavy (non-hydrogen) atoms. The van der Waals surface area contributed by atoms with Gasteiger partial charge in [-0.25, -0.2) is 13.1 Å². The molecule has 0 unspecified atom stereocenters. The average Bonchev–Trinajstić information content (AvgIpc) is 3.84. The standard InChI is InChI=1S/C33H33ClN4O4S/c34-27-14-9-25(10-15-27)23-38(31(39)20-13-24-11-18-30(19-12-24)43(41,42)37-28-16-17-28)32(26-6-2-1-3-7-26)33(40)36-22-29-8-4-5-21-35-29/h1-12,14-15,18-19,21,28,32,37H,13,16-17,20,22-23H2,(H,36,40)/t32-/m1/s1. The topological polar surface area (TPSA) is 108 Å². The molecule has 1 aliphatic rings. The van der Waals surface area contributed by atoms with E-state index in [0.29, 0.717) is 22.7 Å². The summed E-state index contributed by atoms with van der Waals surface area (Å²) in [6, 6.07) is 27.6. The van der Waals surface area contributed by atoms with Crippen molar-refractivity contribution in [1.82, 2.24) is 19.9 Å². The van der Waals surface area contributed by atoms with Crippen LogP contribution in [-0.4, -0.2) is 36.2 Å². The van der Waals surface area contributed by atoms with E-state index >= 15 is 0 Å². The first kappa shape index (κ1) is 30.4. The van der Waals surface area contributed by atoms with Gasteiger partial charge in [0.05, 0.1) is 17.1 Å². The fraction of sp³-hybridized carbons (Fsp3) is 0.242. The lowest BCUT2D eigenvalue weighted by Gasteiger charge is -2.32. The van der Waals surface area contributed by atoms with E-state index in [1.165, 1.54) is 0 Å². The molecule has 10 heteroatoms. The zero-order chi connectivity index (χ0) is 30.2. The van der Waals surface area contributed by atoms with Crippen LogP contribution >= 0.6 is 11.6 Å². The SMILES string of the molecule is O=C(NCc1ccccn1)[C@@H](c1ccccc1)N(Cc1ccc(Cl)cc1)C(=O)CCc1ccc(S(=O)(=O)NC2CC2)cc1. The van der Waals surface area contributed by atoms with Crippen LogP contribution in [0.3, 0.4) is 0 Å². The van der Waals surface area contributed by atoms with Crippen LogP contribution in [0.5, 0.6) is 0 Å². The summed E-state index contributed by atoms with van der Waals surface area (Å²) in [4.78, 5) is 33.8. The van der Waals surface area contributed by atoms with Crippen LogP contribution < -0.4 is 10.0 Å². The molecule has 0 bridgehead atoms. The molecule has 1 atom stereocenters. The molecule has 0 radical (unpaired) electrons. The van der Waals surface area contributed by atoms with Crippen LogP contribution in [0.15, 0.2) is 108 Å². The third kappa shape index (κ3) is 8.50. The van der Waals surface area contributed by atoms with Crippen LogP contribution in [0.25, 0.3) is 0 Å². The first-order valence-corrected chi connectivity index (χ1v) is 16.0. The predicted molar refractivity (Wildman–Crippen MR) is 165 cm³/mol. The largest absolute Gasteiger partial charge is 0.348 e. The lowest BCUT2D eigenvalue weighted by Crippen LogP contribution is -2.43. The molecular formula is C33H33ClN4O4S. The first-order chi connectivity index (χ1) is 20.8. The summed E-state index contributed by atoms with van der Waals surface area (Å²) < 4.78 is 27.8. The minimum Gasteiger partial charge on any atom is -0.348 e. The number of amides is 2. The zero-order valence-corrected chi connectivity index (χ0v) is 25.1. The van der Waals surface area contributed by atoms with Gasteiger partial charge in [-0.15, -0.1) is 0 Å². The molecule has 1 saturated carbocycles. The molecular weight excluding hydrogens is 584 g/mol. The zero-order valence-electron chi connectivity index (χ0n) is 23.5. The first-order valence-electron chi connectivity index (χ1n) is 14.2. The van der Waals surface area contributed by atoms with Crippen molar-refractivity contribution in [2.45, 2.75) is 55.8 Å². The van der Waals surface area contributed by atoms with Crippen molar-refractivity contribution in [2.24, 2.45) is 0 Å². The fourth-order valence-corrected chi connectivity index (χ4v) is 6.14. The van der Waals surface area contributed by atoms with Crippen molar-refractivity contribution in [3.05, 3.63) is 131 Å². The maximum atomic E-state index is 13.9. The van der Waals surface area contributed by atoms with Crippen molar-refractivity contribution in [3.8, 4) is 0 Å². The molecule has 222 valence electrons. The molecule has 1 aliphatic carbocycles. The molecule has 1 fully saturated rings. The minimum atomic E-state index is -3.56. The van der Waals surface area contributed by atoms with Gasteiger partial charge in [0.25, 0.3) is 0 Å². The van der Waals surface area contributed by atoms with Crippen molar-refractivity contribution in [2.75, 3.05) is 0 Å². The molecule has 0 aliphatic heterocycles. The molecule has 5 rings (SSSR count). The van der Waals surface area contributed by atoms with Gasteiger partial charge in [0.15, 0.2) is 0 Å². The molecule has 2 amide bonds. The number of nitrogens with zero attached hydrogens (tertiary/aromatic N) is 2. The molecule has 2 N–H and O–H groups in total. The van der Waals surface area contributed by atoms with Crippen LogP contribution in [0.2, 0.25) is 5.02 Å². The number of aryl methyl sites for hydroxylation is 1. The second kappa shape index (κ2) is 13.9. The minimum absolute atomic E-state index is 0.0210. The summed E-state index contributed by atoms with van der Waals surface area (Å²) in [6.07, 6.45) is 3.88. The monoisotopic (exact) mass is 616 g/mol. The summed E-state index contributed by atoms with van der Waals surface area (Å²) in [5.74, 6) is -0.541. The third-order valence-corrected chi connectivity index (χ3v) is 8.98. The van der Waals surface area contributed by atoms with Crippen LogP contribution in [0.1, 0.15) is 47.7 Å². The molecule has 1 aromatic heterocycles. The van der Waals surface area contributed by atoms with Crippen molar-refractivity contribution >= 4 is 33.4 Å². The molecule has 0 spiro atoms. The van der Waals surface area contributed by atoms with Gasteiger partial charge in [0, 0.05) is 30.2 Å². The quantitative estimate of drug-likeness (QED) is 0.215. The summed E-state index contributed by atoms with van der Waals surface area (Å²) in [5.41, 5.74) is 3.03. The van der Waals surface area contributed by atoms with E-state index in [-0.39, 0.29) is 42.3 Å². The molecule has 8 nitrogen and oxygen atoms in total. The maximum Gasteiger partial charge on any atom is 0.247 e. The van der Waals surface area contributed by atoms with Gasteiger partial charge in [-0.2, -0.15) is 0 Å². The van der Waals surface area contributed by atoms with E-state index < -0.39 is 16.1 Å². The van der Waals surface area contributed by atoms with E-state index in [0.717, 1.165) is 24.0 Å². The van der Waals surface area contributed by atoms with Crippen molar-refractivity contribution in [1.29, 1.82) is 0 Å². The second-order valence-corrected chi connectivity index (χ2v) is 12.7. The number of hydrogen-bond donors (Lipinski definition) is 2. The molecule has 0 saturated heterocycles. The lowest BCUT2D eigenvalue weighted by atomic mass is 10.0. The Bertz CT molecular complexity index is 1630. The smallest absolute Gasteiger partial charge is 0.247 e. The van der Waals surface area contributed by atoms with Gasteiger partial charge >= 0.3 is 0 Å². The number of sulfonamides is 1. The highest BCUT2D eigenvalue weighted by Crippen LogP contribution is 2.26. The Balaban J connectivity index is 1.37. The Hall–Kier alpha value is -4.05. The Morgan fingerprint density at radius 3 is 2.21 bits per heavy atom. The van der Waals surface area contributed by atoms with E-state index in [1.54, 1.807) is 47.5 Å². The third-order valence-electron chi connectivity index (χ3n) is 7.19. The van der Waals surface area contributed by atoms with Gasteiger partial charge in [-0.05, 0) is 72.4 Å². The van der Waals surface area contributed by atoms with Gasteiger partial charge < -0.3 is 10.2 Å². The number of hydrogen-bond acceptors (Lipinski definition) is 5. The molecule has 4 aromatic rings. The van der Waals surface area contributed by atoms with Crippen molar-refractivity contribution in [3.63, 3.8) is 0 Å². The maximum absolute atomic E-state index is 13.9. The lowest BCUT2D eigenvalue weighted by molar-refractivity contribution is -0.141. The van der Waals surface area contributed by atoms with Gasteiger partial charge in [-0.1, -0.05) is 72.3 Å². The Morgan fingerprint density at radius 1 is 0.884 bits per heavy atom. The van der Waals surface area contributed by atoms with E-state index in [1.807, 2.05) is 60.7 Å². The molecule has 3 aromatic carbocycles. The number of rotatable bonds is 13. The number of carbonyl (C=O) groups is 2. The number of halogens is 1. The van der Waals surface area contributed by atoms with Crippen molar-refractivity contribution < 1.29 is 18.0 Å². The average molecular weight is 617 g/mol. The summed E-state index contributed by atoms with van der Waals surface area (Å²) in [5, 5.41) is 3.54. The van der Waals surface area contributed by atoms with Crippen LogP contribution in [0.4, 0.5) is 0 Å². The summed E-state index contributed by atoms with van der Waals surface area (Å²) >= 11 is 6.11. The number of carbonyl (C=O) groups excluding carboxylic acids is 2. The normalized spacial score (nSPS) is 13.7. The van der Waals surface area contributed by atoms with Gasteiger partial charge in [0.2, 0.25) is 21.8 Å². The van der Waals surface area contributed by atoms with E-state index in [4.69, 9.17) is 11.6 Å².